The summed E-state index contributed by atoms with van der Waals surface area (Å²) >= 11 is 4.91. The van der Waals surface area contributed by atoms with E-state index in [1.807, 2.05) is 13.8 Å². The predicted molar refractivity (Wildman–Crippen MR) is 53.6 cm³/mol. The number of rotatable bonds is 3. The minimum atomic E-state index is -0.626. The summed E-state index contributed by atoms with van der Waals surface area (Å²) in [6.45, 7) is 3.73. The van der Waals surface area contributed by atoms with Crippen LogP contribution in [0.1, 0.15) is 20.3 Å². The molecule has 0 bridgehead atoms. The first-order valence-corrected chi connectivity index (χ1v) is 4.35. The average Bonchev–Trinajstić information content (AvgIpc) is 2.50. The molecule has 0 saturated carbocycles. The highest BCUT2D eigenvalue weighted by Gasteiger charge is 2.29. The van der Waals surface area contributed by atoms with Crippen molar-refractivity contribution in [2.75, 3.05) is 0 Å². The number of nitrogens with one attached hydrogen (secondary N) is 1. The van der Waals surface area contributed by atoms with E-state index in [0.717, 1.165) is 0 Å². The van der Waals surface area contributed by atoms with Crippen LogP contribution in [0.15, 0.2) is 11.1 Å². The van der Waals surface area contributed by atoms with Gasteiger partial charge in [-0.3, -0.25) is 4.57 Å². The first-order valence-electron chi connectivity index (χ1n) is 3.94. The highest BCUT2D eigenvalue weighted by atomic mass is 32.1. The summed E-state index contributed by atoms with van der Waals surface area (Å²) in [5.74, 6) is 0. The summed E-state index contributed by atoms with van der Waals surface area (Å²) in [6, 6.07) is 0. The first-order chi connectivity index (χ1) is 6.02. The molecular weight excluding hydrogens is 188 g/mol. The van der Waals surface area contributed by atoms with E-state index in [9.17, 15) is 4.79 Å². The number of hydrogen-bond donors (Lipinski definition) is 2. The van der Waals surface area contributed by atoms with E-state index >= 15 is 0 Å². The summed E-state index contributed by atoms with van der Waals surface area (Å²) in [7, 11) is 0. The molecule has 0 saturated heterocycles. The summed E-state index contributed by atoms with van der Waals surface area (Å²) in [6.07, 6.45) is 2.06. The smallest absolute Gasteiger partial charge is 0.343 e. The Labute approximate surface area is 80.9 Å². The number of nitrogens with zero attached hydrogens (tertiary/aromatic N) is 2. The van der Waals surface area contributed by atoms with Crippen LogP contribution in [0.2, 0.25) is 0 Å². The van der Waals surface area contributed by atoms with Gasteiger partial charge >= 0.3 is 5.69 Å². The van der Waals surface area contributed by atoms with Crippen molar-refractivity contribution in [1.29, 1.82) is 0 Å². The van der Waals surface area contributed by atoms with Gasteiger partial charge < -0.3 is 5.73 Å². The number of H-pyrrole nitrogens is 1. The van der Waals surface area contributed by atoms with Crippen LogP contribution in [0.4, 0.5) is 0 Å². The minimum Gasteiger partial charge on any atom is -0.391 e. The van der Waals surface area contributed by atoms with Gasteiger partial charge in [-0.1, -0.05) is 19.1 Å². The molecule has 1 aromatic rings. The molecule has 0 aromatic carbocycles. The zero-order valence-corrected chi connectivity index (χ0v) is 8.39. The normalized spacial score (nSPS) is 15.2. The number of hydrogen-bond acceptors (Lipinski definition) is 3. The van der Waals surface area contributed by atoms with Gasteiger partial charge in [-0.05, 0) is 13.3 Å². The number of nitrogens with two attached hydrogens (primary N) is 1. The van der Waals surface area contributed by atoms with Crippen molar-refractivity contribution >= 4 is 17.2 Å². The highest BCUT2D eigenvalue weighted by molar-refractivity contribution is 7.80. The van der Waals surface area contributed by atoms with Crippen molar-refractivity contribution in [3.05, 3.63) is 16.8 Å². The fraction of sp³-hybridized carbons (Fsp3) is 0.571. The topological polar surface area (TPSA) is 76.7 Å². The molecule has 1 rings (SSSR count). The molecule has 0 spiro atoms. The van der Waals surface area contributed by atoms with Crippen LogP contribution >= 0.6 is 12.2 Å². The Morgan fingerprint density at radius 3 is 2.85 bits per heavy atom. The minimum absolute atomic E-state index is 0.290. The van der Waals surface area contributed by atoms with E-state index < -0.39 is 5.54 Å². The van der Waals surface area contributed by atoms with E-state index in [1.165, 1.54) is 10.9 Å². The average molecular weight is 200 g/mol. The fourth-order valence-electron chi connectivity index (χ4n) is 1.06. The Bertz CT molecular complexity index is 369. The van der Waals surface area contributed by atoms with E-state index in [2.05, 4.69) is 10.2 Å². The lowest BCUT2D eigenvalue weighted by Crippen LogP contribution is -2.46. The van der Waals surface area contributed by atoms with Gasteiger partial charge in [-0.2, -0.15) is 5.10 Å². The van der Waals surface area contributed by atoms with Gasteiger partial charge in [0.2, 0.25) is 0 Å². The Hall–Kier alpha value is -1.17. The van der Waals surface area contributed by atoms with Crippen LogP contribution in [-0.4, -0.2) is 19.8 Å². The highest BCUT2D eigenvalue weighted by Crippen LogP contribution is 2.17. The molecule has 3 N–H and O–H groups in total. The van der Waals surface area contributed by atoms with Crippen LogP contribution in [0.5, 0.6) is 0 Å². The maximum atomic E-state index is 11.3. The molecule has 1 atom stereocenters. The maximum Gasteiger partial charge on any atom is 0.343 e. The lowest BCUT2D eigenvalue weighted by atomic mass is 9.99. The summed E-state index contributed by atoms with van der Waals surface area (Å²) in [4.78, 5) is 11.5. The SMILES string of the molecule is CCC(C)(C(N)=S)n1cn[nH]c1=O. The van der Waals surface area contributed by atoms with Crippen molar-refractivity contribution in [2.45, 2.75) is 25.8 Å². The largest absolute Gasteiger partial charge is 0.391 e. The number of aromatic nitrogens is 3. The standard InChI is InChI=1S/C7H12N4OS/c1-3-7(2,5(8)13)11-4-9-10-6(11)12/h4H,3H2,1-2H3,(H2,8,13)(H,10,12). The zero-order valence-electron chi connectivity index (χ0n) is 7.57. The van der Waals surface area contributed by atoms with E-state index in [0.29, 0.717) is 11.4 Å². The van der Waals surface area contributed by atoms with Crippen LogP contribution < -0.4 is 11.4 Å². The fourth-order valence-corrected chi connectivity index (χ4v) is 1.31. The van der Waals surface area contributed by atoms with Gasteiger partial charge in [-0.15, -0.1) is 0 Å². The second kappa shape index (κ2) is 3.29. The van der Waals surface area contributed by atoms with Gasteiger partial charge in [-0.25, -0.2) is 9.89 Å². The van der Waals surface area contributed by atoms with Crippen molar-refractivity contribution in [1.82, 2.24) is 14.8 Å². The lowest BCUT2D eigenvalue weighted by Gasteiger charge is -2.26. The third kappa shape index (κ3) is 1.49. The van der Waals surface area contributed by atoms with Gasteiger partial charge in [0.15, 0.2) is 0 Å². The molecule has 72 valence electrons. The van der Waals surface area contributed by atoms with E-state index in [1.54, 1.807) is 0 Å². The second-order valence-electron chi connectivity index (χ2n) is 3.02. The molecule has 0 aliphatic rings. The van der Waals surface area contributed by atoms with Crippen LogP contribution in [0.3, 0.4) is 0 Å². The van der Waals surface area contributed by atoms with Gasteiger partial charge in [0.25, 0.3) is 0 Å². The lowest BCUT2D eigenvalue weighted by molar-refractivity contribution is 0.419. The zero-order chi connectivity index (χ0) is 10.1. The molecule has 0 aliphatic heterocycles. The van der Waals surface area contributed by atoms with Crippen molar-refractivity contribution in [3.8, 4) is 0 Å². The molecule has 0 radical (unpaired) electrons. The Morgan fingerprint density at radius 2 is 2.54 bits per heavy atom. The Balaban J connectivity index is 3.25. The molecule has 1 heterocycles. The van der Waals surface area contributed by atoms with Gasteiger partial charge in [0, 0.05) is 0 Å². The maximum absolute atomic E-state index is 11.3. The summed E-state index contributed by atoms with van der Waals surface area (Å²) in [5, 5.41) is 5.93. The molecule has 0 aliphatic carbocycles. The van der Waals surface area contributed by atoms with E-state index in [-0.39, 0.29) is 5.69 Å². The van der Waals surface area contributed by atoms with Gasteiger partial charge in [0.05, 0.1) is 10.5 Å². The molecule has 0 fully saturated rings. The van der Waals surface area contributed by atoms with E-state index in [4.69, 9.17) is 18.0 Å². The Morgan fingerprint density at radius 1 is 1.92 bits per heavy atom. The third-order valence-electron chi connectivity index (χ3n) is 2.30. The summed E-state index contributed by atoms with van der Waals surface area (Å²) < 4.78 is 1.41. The number of aromatic amines is 1. The monoisotopic (exact) mass is 200 g/mol. The number of thiocarbonyl (C=S) groups is 1. The van der Waals surface area contributed by atoms with Crippen LogP contribution in [-0.2, 0) is 5.54 Å². The van der Waals surface area contributed by atoms with Crippen molar-refractivity contribution < 1.29 is 0 Å². The predicted octanol–water partition coefficient (Wildman–Crippen LogP) is -0.0173. The molecule has 0 amide bonds. The van der Waals surface area contributed by atoms with Crippen molar-refractivity contribution in [2.24, 2.45) is 5.73 Å². The van der Waals surface area contributed by atoms with Crippen LogP contribution in [0, 0.1) is 0 Å². The molecule has 13 heavy (non-hydrogen) atoms. The third-order valence-corrected chi connectivity index (χ3v) is 2.74. The molecule has 6 heteroatoms. The first kappa shape index (κ1) is 9.91. The second-order valence-corrected chi connectivity index (χ2v) is 3.46. The molecular formula is C7H12N4OS. The molecule has 1 aromatic heterocycles. The quantitative estimate of drug-likeness (QED) is 0.672. The molecule has 1 unspecified atom stereocenters. The van der Waals surface area contributed by atoms with Gasteiger partial charge in [0.1, 0.15) is 6.33 Å². The Kier molecular flexibility index (Phi) is 2.51. The molecule has 5 nitrogen and oxygen atoms in total. The summed E-state index contributed by atoms with van der Waals surface area (Å²) in [5.41, 5.74) is 4.65. The van der Waals surface area contributed by atoms with Crippen molar-refractivity contribution in [3.63, 3.8) is 0 Å². The van der Waals surface area contributed by atoms with Crippen LogP contribution in [0.25, 0.3) is 0 Å².